The van der Waals surface area contributed by atoms with Crippen molar-refractivity contribution < 1.29 is 13.7 Å². The maximum Gasteiger partial charge on any atom is 0.196 e. The van der Waals surface area contributed by atoms with Gasteiger partial charge in [0.05, 0.1) is 30.1 Å². The van der Waals surface area contributed by atoms with Gasteiger partial charge in [0.25, 0.3) is 0 Å². The fourth-order valence-electron chi connectivity index (χ4n) is 8.73. The number of allylic oxidation sites excluding steroid dienone is 8. The van der Waals surface area contributed by atoms with Gasteiger partial charge in [0.2, 0.25) is 0 Å². The van der Waals surface area contributed by atoms with Gasteiger partial charge in [-0.1, -0.05) is 206 Å². The number of pyridine rings is 1. The van der Waals surface area contributed by atoms with Crippen LogP contribution in [0.1, 0.15) is 260 Å². The van der Waals surface area contributed by atoms with Gasteiger partial charge in [-0.15, -0.1) is 11.3 Å². The van der Waals surface area contributed by atoms with Crippen LogP contribution in [0.2, 0.25) is 0 Å². The number of thiophene rings is 1. The molecule has 15 heteroatoms. The normalized spacial score (nSPS) is 15.4. The number of nitrogens with zero attached hydrogens (tertiary/aromatic N) is 10. The Morgan fingerprint density at radius 2 is 1.17 bits per heavy atom. The van der Waals surface area contributed by atoms with E-state index in [2.05, 4.69) is 250 Å². The van der Waals surface area contributed by atoms with Crippen LogP contribution in [0.4, 0.5) is 0 Å². The van der Waals surface area contributed by atoms with Crippen molar-refractivity contribution in [1.82, 2.24) is 45.0 Å². The first kappa shape index (κ1) is 84.8. The van der Waals surface area contributed by atoms with Crippen LogP contribution < -0.4 is 5.32 Å². The molecule has 2 aliphatic carbocycles. The summed E-state index contributed by atoms with van der Waals surface area (Å²) >= 11 is 1.83. The number of nitrogens with one attached hydrogen (secondary N) is 1. The standard InChI is InChI=1S/C8H15NO.C8H11N.2C8H12.C7H12N2.2C7H10N2.C7H10O.C7H10S.C6H12N2.C6H9NO/c1-5(2)8-6(3)9-10-7(8)4;1-7(2)8-5-3-4-6-9-8;2*1-7(2)8-5-3-4-6-8;1-6(2)7-4-8-9(3)5-7;1-6(2)7-5-8-3-4-9-7;1-6(2)7-3-4-8-5-9-7;2*1-6(2)7-4-3-5-8-7;2*1-5(2)6-7-3-4-8-6/h5,7-8H,1-4H3;3-7H,1-2H3;2*3,5-7H,4H2,1-2H3;4-6H,1-3H3;2*3-6H,1-2H3;2*3-6H,1-2H3;3,5-6,8H,4H2,1-2H3;3-5H,1-2H3. The molecule has 0 saturated heterocycles. The van der Waals surface area contributed by atoms with E-state index in [0.717, 1.165) is 53.8 Å². The van der Waals surface area contributed by atoms with E-state index < -0.39 is 0 Å². The molecule has 0 radical (unpaired) electrons. The van der Waals surface area contributed by atoms with Gasteiger partial charge in [-0.25, -0.2) is 15.0 Å². The quantitative estimate of drug-likeness (QED) is 0.131. The summed E-state index contributed by atoms with van der Waals surface area (Å²) in [5.74, 6) is 8.87. The van der Waals surface area contributed by atoms with Crippen molar-refractivity contribution in [3.63, 3.8) is 0 Å². The molecule has 3 unspecified atom stereocenters. The lowest BCUT2D eigenvalue weighted by molar-refractivity contribution is 0.0654. The van der Waals surface area contributed by atoms with Crippen molar-refractivity contribution in [1.29, 1.82) is 0 Å². The molecule has 7 aromatic heterocycles. The van der Waals surface area contributed by atoms with Crippen LogP contribution in [0.3, 0.4) is 0 Å². The second-order valence-electron chi connectivity index (χ2n) is 26.7. The van der Waals surface area contributed by atoms with E-state index >= 15 is 0 Å². The highest BCUT2D eigenvalue weighted by atomic mass is 32.1. The zero-order chi connectivity index (χ0) is 70.5. The average molecular weight is 1310 g/mol. The monoisotopic (exact) mass is 1310 g/mol. The van der Waals surface area contributed by atoms with Gasteiger partial charge in [-0.05, 0) is 138 Å². The van der Waals surface area contributed by atoms with Crippen molar-refractivity contribution in [2.75, 3.05) is 6.54 Å². The van der Waals surface area contributed by atoms with E-state index in [4.69, 9.17) is 13.7 Å². The topological polar surface area (TPSA) is 167 Å². The molecule has 14 nitrogen and oxygen atoms in total. The van der Waals surface area contributed by atoms with Crippen LogP contribution in [-0.2, 0) is 11.9 Å². The van der Waals surface area contributed by atoms with E-state index in [1.807, 2.05) is 105 Å². The minimum atomic E-state index is 0.278. The largest absolute Gasteiger partial charge is 0.469 e. The van der Waals surface area contributed by atoms with Crippen LogP contribution in [0.15, 0.2) is 189 Å². The van der Waals surface area contributed by atoms with Crippen molar-refractivity contribution in [3.8, 4) is 0 Å². The Kier molecular flexibility index (Phi) is 44.5. The van der Waals surface area contributed by atoms with E-state index in [-0.39, 0.29) is 6.10 Å². The van der Waals surface area contributed by atoms with Crippen molar-refractivity contribution >= 4 is 23.3 Å². The Hall–Kier alpha value is -7.23. The fourth-order valence-corrected chi connectivity index (χ4v) is 9.48. The fraction of sp³-hybridized carbons (Fsp3) is 0.532. The molecule has 9 heterocycles. The lowest BCUT2D eigenvalue weighted by Crippen LogP contribution is -2.27. The minimum absolute atomic E-state index is 0.278. The SMILES string of the molecule is CC(C)C1=CCC=C1.CC(C)C1=CCC=C1.CC(C)C1N=CCN1.CC(C)c1ccccn1.CC(C)c1ccco1.CC(C)c1cccs1.CC(C)c1ccncn1.CC(C)c1cnccn1.CC(C)c1cnn(C)c1.CC(C)c1ncco1.CC1=NOC(C)C1C(C)C. The van der Waals surface area contributed by atoms with Crippen molar-refractivity contribution in [2.45, 2.75) is 233 Å². The summed E-state index contributed by atoms with van der Waals surface area (Å²) in [5, 5.41) is 13.3. The third-order valence-electron chi connectivity index (χ3n) is 14.5. The van der Waals surface area contributed by atoms with Gasteiger partial charge < -0.3 is 13.7 Å². The molecule has 7 aromatic rings. The predicted octanol–water partition coefficient (Wildman–Crippen LogP) is 21.8. The summed E-state index contributed by atoms with van der Waals surface area (Å²) in [6.45, 7) is 52.5. The summed E-state index contributed by atoms with van der Waals surface area (Å²) in [6.07, 6.45) is 37.6. The number of rotatable bonds is 11. The highest BCUT2D eigenvalue weighted by Gasteiger charge is 2.30. The van der Waals surface area contributed by atoms with Crippen LogP contribution in [-0.4, -0.2) is 70.4 Å². The summed E-state index contributed by atoms with van der Waals surface area (Å²) in [6, 6.07) is 16.1. The second-order valence-corrected chi connectivity index (χ2v) is 27.7. The maximum atomic E-state index is 5.13. The highest BCUT2D eigenvalue weighted by Crippen LogP contribution is 2.25. The number of oxime groups is 1. The molecule has 4 aliphatic rings. The van der Waals surface area contributed by atoms with Gasteiger partial charge >= 0.3 is 0 Å². The smallest absolute Gasteiger partial charge is 0.196 e. The van der Waals surface area contributed by atoms with Gasteiger partial charge in [0.1, 0.15) is 30.6 Å². The Bertz CT molecular complexity index is 2850. The third kappa shape index (κ3) is 38.2. The van der Waals surface area contributed by atoms with E-state index in [1.54, 1.807) is 49.8 Å². The highest BCUT2D eigenvalue weighted by molar-refractivity contribution is 7.10. The van der Waals surface area contributed by atoms with E-state index in [0.29, 0.717) is 77.2 Å². The molecule has 0 amide bonds. The molecule has 518 valence electrons. The number of hydrogen-bond acceptors (Lipinski definition) is 14. The maximum absolute atomic E-state index is 5.13. The summed E-state index contributed by atoms with van der Waals surface area (Å²) in [7, 11) is 1.94. The van der Waals surface area contributed by atoms with Crippen LogP contribution in [0, 0.1) is 29.6 Å². The zero-order valence-corrected chi connectivity index (χ0v) is 63.2. The molecular formula is C79H123N11O3S. The summed E-state index contributed by atoms with van der Waals surface area (Å²) < 4.78 is 11.9. The van der Waals surface area contributed by atoms with Crippen LogP contribution in [0.25, 0.3) is 0 Å². The lowest BCUT2D eigenvalue weighted by Gasteiger charge is -2.16. The average Bonchev–Trinajstić information content (AvgIpc) is 1.90. The number of aromatic nitrogens is 8. The number of oxazole rings is 1. The molecule has 0 spiro atoms. The molecule has 94 heavy (non-hydrogen) atoms. The molecule has 2 aliphatic heterocycles. The summed E-state index contributed by atoms with van der Waals surface area (Å²) in [4.78, 5) is 34.9. The number of hydrogen-bond donors (Lipinski definition) is 1. The molecule has 11 rings (SSSR count). The minimum Gasteiger partial charge on any atom is -0.469 e. The summed E-state index contributed by atoms with van der Waals surface area (Å²) in [5.41, 5.74) is 8.75. The Balaban J connectivity index is 0.000000517. The Morgan fingerprint density at radius 1 is 0.543 bits per heavy atom. The second kappa shape index (κ2) is 49.3. The molecule has 3 atom stereocenters. The zero-order valence-electron chi connectivity index (χ0n) is 62.4. The van der Waals surface area contributed by atoms with Crippen molar-refractivity contribution in [2.24, 2.45) is 46.8 Å². The molecule has 0 aromatic carbocycles. The van der Waals surface area contributed by atoms with Crippen LogP contribution >= 0.6 is 11.3 Å². The predicted molar refractivity (Wildman–Crippen MR) is 400 cm³/mol. The first-order valence-corrected chi connectivity index (χ1v) is 35.0. The first-order valence-electron chi connectivity index (χ1n) is 34.1. The molecule has 0 fully saturated rings. The molecular weight excluding hydrogens is 1180 g/mol. The number of aryl methyl sites for hydroxylation is 1. The van der Waals surface area contributed by atoms with Gasteiger partial charge in [0, 0.05) is 91.0 Å². The third-order valence-corrected chi connectivity index (χ3v) is 15.7. The Labute approximate surface area is 574 Å². The van der Waals surface area contributed by atoms with Gasteiger partial charge in [0.15, 0.2) is 5.89 Å². The van der Waals surface area contributed by atoms with Crippen LogP contribution in [0.5, 0.6) is 0 Å². The lowest BCUT2D eigenvalue weighted by atomic mass is 9.88. The molecule has 1 N–H and O–H groups in total. The van der Waals surface area contributed by atoms with E-state index in [9.17, 15) is 0 Å². The van der Waals surface area contributed by atoms with Gasteiger partial charge in [-0.3, -0.25) is 29.9 Å². The number of aliphatic imine (C=N–C) groups is 1. The van der Waals surface area contributed by atoms with Gasteiger partial charge in [-0.2, -0.15) is 5.10 Å². The van der Waals surface area contributed by atoms with Crippen molar-refractivity contribution in [3.05, 3.63) is 209 Å². The van der Waals surface area contributed by atoms with E-state index in [1.165, 1.54) is 21.6 Å². The molecule has 0 saturated carbocycles. The first-order chi connectivity index (χ1) is 44.6. The Morgan fingerprint density at radius 3 is 1.41 bits per heavy atom. The number of furan rings is 1. The molecule has 0 bridgehead atoms.